The highest BCUT2D eigenvalue weighted by molar-refractivity contribution is 7.14. The third-order valence-corrected chi connectivity index (χ3v) is 4.16. The Morgan fingerprint density at radius 3 is 2.77 bits per heavy atom. The van der Waals surface area contributed by atoms with Crippen molar-refractivity contribution >= 4 is 22.1 Å². The highest BCUT2D eigenvalue weighted by atomic mass is 32.1. The van der Waals surface area contributed by atoms with E-state index in [-0.39, 0.29) is 0 Å². The van der Waals surface area contributed by atoms with Crippen LogP contribution in [0.1, 0.15) is 5.82 Å². The first kappa shape index (κ1) is 13.0. The molecule has 6 heteroatoms. The van der Waals surface area contributed by atoms with Crippen LogP contribution in [-0.2, 0) is 6.54 Å². The minimum atomic E-state index is 0.590. The number of nitrogens with zero attached hydrogens (tertiary/aromatic N) is 4. The van der Waals surface area contributed by atoms with Crippen molar-refractivity contribution in [3.63, 3.8) is 0 Å². The Balaban J connectivity index is 1.52. The van der Waals surface area contributed by atoms with Gasteiger partial charge < -0.3 is 5.32 Å². The van der Waals surface area contributed by atoms with Gasteiger partial charge in [-0.15, -0.1) is 21.5 Å². The van der Waals surface area contributed by atoms with E-state index in [9.17, 15) is 0 Å². The maximum Gasteiger partial charge on any atom is 0.183 e. The number of hydrogen-bond donors (Lipinski definition) is 1. The Labute approximate surface area is 131 Å². The molecule has 5 nitrogen and oxygen atoms in total. The molecule has 0 spiro atoms. The smallest absolute Gasteiger partial charge is 0.183 e. The van der Waals surface area contributed by atoms with Gasteiger partial charge in [0.15, 0.2) is 16.6 Å². The molecule has 1 N–H and O–H groups in total. The molecule has 3 heterocycles. The summed E-state index contributed by atoms with van der Waals surface area (Å²) in [6, 6.07) is 16.0. The van der Waals surface area contributed by atoms with E-state index in [4.69, 9.17) is 0 Å². The van der Waals surface area contributed by atoms with Gasteiger partial charge in [-0.2, -0.15) is 0 Å². The maximum atomic E-state index is 4.61. The Morgan fingerprint density at radius 1 is 1.00 bits per heavy atom. The van der Waals surface area contributed by atoms with Gasteiger partial charge in [0.2, 0.25) is 0 Å². The van der Waals surface area contributed by atoms with Crippen molar-refractivity contribution < 1.29 is 0 Å². The Hall–Kier alpha value is -2.73. The van der Waals surface area contributed by atoms with E-state index in [0.29, 0.717) is 6.54 Å². The van der Waals surface area contributed by atoms with Gasteiger partial charge in [-0.1, -0.05) is 36.4 Å². The Bertz CT molecular complexity index is 897. The van der Waals surface area contributed by atoms with E-state index in [0.717, 1.165) is 27.9 Å². The number of fused-ring (bicyclic) bond motifs is 1. The van der Waals surface area contributed by atoms with Gasteiger partial charge in [0, 0.05) is 17.1 Å². The van der Waals surface area contributed by atoms with Crippen LogP contribution in [0.2, 0.25) is 0 Å². The highest BCUT2D eigenvalue weighted by Crippen LogP contribution is 2.24. The van der Waals surface area contributed by atoms with E-state index < -0.39 is 0 Å². The maximum absolute atomic E-state index is 4.61. The zero-order valence-corrected chi connectivity index (χ0v) is 12.5. The first-order valence-corrected chi connectivity index (χ1v) is 7.81. The molecule has 22 heavy (non-hydrogen) atoms. The van der Waals surface area contributed by atoms with Crippen LogP contribution in [0.4, 0.5) is 5.13 Å². The van der Waals surface area contributed by atoms with Gasteiger partial charge in [0.1, 0.15) is 0 Å². The molecule has 0 unspecified atom stereocenters. The van der Waals surface area contributed by atoms with Crippen LogP contribution in [0.15, 0.2) is 60.1 Å². The topological polar surface area (TPSA) is 55.1 Å². The molecule has 0 saturated carbocycles. The first-order chi connectivity index (χ1) is 10.9. The minimum absolute atomic E-state index is 0.590. The normalized spacial score (nSPS) is 10.9. The van der Waals surface area contributed by atoms with Gasteiger partial charge in [0.05, 0.1) is 12.2 Å². The highest BCUT2D eigenvalue weighted by Gasteiger charge is 2.07. The third-order valence-electron chi connectivity index (χ3n) is 3.36. The van der Waals surface area contributed by atoms with E-state index in [2.05, 4.69) is 38.0 Å². The number of rotatable bonds is 4. The van der Waals surface area contributed by atoms with Crippen molar-refractivity contribution in [2.75, 3.05) is 5.32 Å². The fourth-order valence-electron chi connectivity index (χ4n) is 2.26. The zero-order valence-electron chi connectivity index (χ0n) is 11.7. The number of pyridine rings is 1. The second-order valence-corrected chi connectivity index (χ2v) is 5.66. The van der Waals surface area contributed by atoms with Gasteiger partial charge in [-0.25, -0.2) is 4.98 Å². The molecule has 0 saturated heterocycles. The molecule has 3 aromatic heterocycles. The largest absolute Gasteiger partial charge is 0.354 e. The third kappa shape index (κ3) is 2.44. The number of benzene rings is 1. The van der Waals surface area contributed by atoms with E-state index in [1.807, 2.05) is 47.0 Å². The molecule has 0 atom stereocenters. The van der Waals surface area contributed by atoms with Gasteiger partial charge in [-0.05, 0) is 12.1 Å². The van der Waals surface area contributed by atoms with Gasteiger partial charge in [0.25, 0.3) is 0 Å². The molecule has 0 aliphatic rings. The number of nitrogens with one attached hydrogen (secondary N) is 1. The van der Waals surface area contributed by atoms with Crippen LogP contribution in [0.5, 0.6) is 0 Å². The second-order valence-electron chi connectivity index (χ2n) is 4.80. The molecule has 0 bridgehead atoms. The number of thiazole rings is 1. The molecular formula is C16H13N5S. The average molecular weight is 307 g/mol. The molecule has 0 radical (unpaired) electrons. The molecule has 108 valence electrons. The van der Waals surface area contributed by atoms with Gasteiger partial charge in [-0.3, -0.25) is 4.40 Å². The summed E-state index contributed by atoms with van der Waals surface area (Å²) in [5.41, 5.74) is 2.96. The molecular weight excluding hydrogens is 294 g/mol. The minimum Gasteiger partial charge on any atom is -0.354 e. The fraction of sp³-hybridized carbons (Fsp3) is 0.0625. The predicted octanol–water partition coefficient (Wildman–Crippen LogP) is 3.46. The molecule has 4 rings (SSSR count). The lowest BCUT2D eigenvalue weighted by atomic mass is 10.2. The van der Waals surface area contributed by atoms with Crippen LogP contribution in [0.3, 0.4) is 0 Å². The van der Waals surface area contributed by atoms with E-state index >= 15 is 0 Å². The standard InChI is InChI=1S/C16H13N5S/c1-2-6-12(7-3-1)13-11-22-16(18-13)17-10-15-20-19-14-8-4-5-9-21(14)15/h1-9,11H,10H2,(H,17,18). The molecule has 0 aliphatic carbocycles. The summed E-state index contributed by atoms with van der Waals surface area (Å²) in [5, 5.41) is 14.6. The molecule has 0 fully saturated rings. The Kier molecular flexibility index (Phi) is 3.29. The zero-order chi connectivity index (χ0) is 14.8. The second kappa shape index (κ2) is 5.57. The summed E-state index contributed by atoms with van der Waals surface area (Å²) in [6.07, 6.45) is 1.96. The summed E-state index contributed by atoms with van der Waals surface area (Å²) in [6.45, 7) is 0.590. The summed E-state index contributed by atoms with van der Waals surface area (Å²) in [4.78, 5) is 4.61. The summed E-state index contributed by atoms with van der Waals surface area (Å²) in [7, 11) is 0. The lowest BCUT2D eigenvalue weighted by Crippen LogP contribution is -2.03. The monoisotopic (exact) mass is 307 g/mol. The van der Waals surface area contributed by atoms with E-state index in [1.54, 1.807) is 11.3 Å². The van der Waals surface area contributed by atoms with Crippen molar-refractivity contribution in [1.29, 1.82) is 0 Å². The van der Waals surface area contributed by atoms with E-state index in [1.165, 1.54) is 0 Å². The van der Waals surface area contributed by atoms with Crippen LogP contribution in [0, 0.1) is 0 Å². The van der Waals surface area contributed by atoms with Crippen molar-refractivity contribution in [3.8, 4) is 11.3 Å². The van der Waals surface area contributed by atoms with Crippen LogP contribution in [0.25, 0.3) is 16.9 Å². The van der Waals surface area contributed by atoms with Crippen LogP contribution in [-0.4, -0.2) is 19.6 Å². The number of hydrogen-bond acceptors (Lipinski definition) is 5. The van der Waals surface area contributed by atoms with Crippen LogP contribution < -0.4 is 5.32 Å². The first-order valence-electron chi connectivity index (χ1n) is 6.93. The average Bonchev–Trinajstić information content (AvgIpc) is 3.21. The van der Waals surface area contributed by atoms with Crippen molar-refractivity contribution in [3.05, 3.63) is 65.9 Å². The quantitative estimate of drug-likeness (QED) is 0.627. The predicted molar refractivity (Wildman–Crippen MR) is 87.9 cm³/mol. The number of aromatic nitrogens is 4. The summed E-state index contributed by atoms with van der Waals surface area (Å²) >= 11 is 1.59. The van der Waals surface area contributed by atoms with Crippen LogP contribution >= 0.6 is 11.3 Å². The van der Waals surface area contributed by atoms with Crippen molar-refractivity contribution in [2.45, 2.75) is 6.54 Å². The molecule has 4 aromatic rings. The van der Waals surface area contributed by atoms with Crippen molar-refractivity contribution in [2.24, 2.45) is 0 Å². The Morgan fingerprint density at radius 2 is 1.86 bits per heavy atom. The van der Waals surface area contributed by atoms with Gasteiger partial charge >= 0.3 is 0 Å². The fourth-order valence-corrected chi connectivity index (χ4v) is 2.98. The summed E-state index contributed by atoms with van der Waals surface area (Å²) in [5.74, 6) is 0.868. The van der Waals surface area contributed by atoms with Crippen molar-refractivity contribution in [1.82, 2.24) is 19.6 Å². The molecule has 0 aliphatic heterocycles. The number of anilines is 1. The molecule has 0 amide bonds. The lowest BCUT2D eigenvalue weighted by Gasteiger charge is -2.01. The lowest BCUT2D eigenvalue weighted by molar-refractivity contribution is 0.916. The molecule has 1 aromatic carbocycles. The summed E-state index contributed by atoms with van der Waals surface area (Å²) < 4.78 is 1.97. The SMILES string of the molecule is c1ccc(-c2csc(NCc3nnc4ccccn34)n2)cc1.